The highest BCUT2D eigenvalue weighted by atomic mass is 16.5. The van der Waals surface area contributed by atoms with Crippen LogP contribution in [0.4, 0.5) is 0 Å². The van der Waals surface area contributed by atoms with E-state index in [1.807, 2.05) is 18.2 Å². The summed E-state index contributed by atoms with van der Waals surface area (Å²) in [4.78, 5) is 28.4. The number of ether oxygens (including phenoxy) is 1. The largest absolute Gasteiger partial charge is 0.481 e. The molecule has 1 amide bonds. The molecule has 2 bridgehead atoms. The Hall–Kier alpha value is -2.67. The molecular formula is C28H36N2O5. The number of nitrogens with one attached hydrogen (secondary N) is 1. The molecule has 2 saturated heterocycles. The molecular weight excluding hydrogens is 444 g/mol. The topological polar surface area (TPSA) is 102 Å². The molecule has 1 aromatic heterocycles. The lowest BCUT2D eigenvalue weighted by atomic mass is 9.75. The molecule has 2 aliphatic heterocycles. The van der Waals surface area contributed by atoms with Crippen LogP contribution in [0.25, 0.3) is 0 Å². The number of carboxylic acid groups (broad SMARTS) is 1. The number of carbonyl (C=O) groups excluding carboxylic acids is 1. The van der Waals surface area contributed by atoms with E-state index >= 15 is 0 Å². The summed E-state index contributed by atoms with van der Waals surface area (Å²) >= 11 is 0. The molecule has 7 nitrogen and oxygen atoms in total. The van der Waals surface area contributed by atoms with Gasteiger partial charge in [-0.3, -0.25) is 9.59 Å². The molecule has 3 heterocycles. The monoisotopic (exact) mass is 480 g/mol. The van der Waals surface area contributed by atoms with Gasteiger partial charge in [0.25, 0.3) is 5.91 Å². The number of amides is 1. The van der Waals surface area contributed by atoms with Crippen LogP contribution in [0.2, 0.25) is 0 Å². The standard InChI is InChI=1S/C28H36N2O5/c31-25(32)13-10-19-8-4-5-9-20(19)16-21-23-11-12-24(35-23)26(21)28-30-22(17-34-28)27(33)29-15-14-18-6-2-1-3-7-18/h4-5,8-9,17-18,21,23-24,26H,1-3,6-7,10-16H2,(H,29,33)(H,31,32)/t21-,23-,24+,26-/m0/s1. The van der Waals surface area contributed by atoms with Crippen molar-refractivity contribution in [3.05, 3.63) is 53.2 Å². The second kappa shape index (κ2) is 10.9. The summed E-state index contributed by atoms with van der Waals surface area (Å²) in [5.74, 6) is 0.552. The Balaban J connectivity index is 1.24. The molecule has 1 aromatic carbocycles. The minimum Gasteiger partial charge on any atom is -0.481 e. The summed E-state index contributed by atoms with van der Waals surface area (Å²) in [5.41, 5.74) is 2.57. The Morgan fingerprint density at radius 2 is 1.80 bits per heavy atom. The quantitative estimate of drug-likeness (QED) is 0.502. The summed E-state index contributed by atoms with van der Waals surface area (Å²) in [6, 6.07) is 8.07. The average Bonchev–Trinajstić information content (AvgIpc) is 3.61. The number of fused-ring (bicyclic) bond motifs is 2. The van der Waals surface area contributed by atoms with E-state index < -0.39 is 5.97 Å². The molecule has 0 unspecified atom stereocenters. The number of carboxylic acids is 1. The second-order valence-electron chi connectivity index (χ2n) is 10.5. The number of oxazole rings is 1. The van der Waals surface area contributed by atoms with Gasteiger partial charge in [0.05, 0.1) is 18.1 Å². The van der Waals surface area contributed by atoms with E-state index in [9.17, 15) is 9.59 Å². The van der Waals surface area contributed by atoms with E-state index in [-0.39, 0.29) is 36.4 Å². The van der Waals surface area contributed by atoms with Crippen LogP contribution < -0.4 is 5.32 Å². The molecule has 3 fully saturated rings. The van der Waals surface area contributed by atoms with Crippen LogP contribution in [0.3, 0.4) is 0 Å². The molecule has 0 spiro atoms. The lowest BCUT2D eigenvalue weighted by Crippen LogP contribution is -2.29. The number of nitrogens with zero attached hydrogens (tertiary/aromatic N) is 1. The van der Waals surface area contributed by atoms with Crippen molar-refractivity contribution in [1.29, 1.82) is 0 Å². The van der Waals surface area contributed by atoms with Gasteiger partial charge >= 0.3 is 5.97 Å². The van der Waals surface area contributed by atoms with Gasteiger partial charge in [-0.05, 0) is 49.1 Å². The van der Waals surface area contributed by atoms with E-state index in [1.165, 1.54) is 38.4 Å². The number of aromatic nitrogens is 1. The number of rotatable bonds is 10. The van der Waals surface area contributed by atoms with Crippen LogP contribution in [0, 0.1) is 11.8 Å². The van der Waals surface area contributed by atoms with Crippen molar-refractivity contribution in [2.45, 2.75) is 88.8 Å². The Morgan fingerprint density at radius 3 is 2.60 bits per heavy atom. The molecule has 0 radical (unpaired) electrons. The van der Waals surface area contributed by atoms with Gasteiger partial charge < -0.3 is 19.6 Å². The third-order valence-electron chi connectivity index (χ3n) is 8.21. The van der Waals surface area contributed by atoms with Gasteiger partial charge in [0.15, 0.2) is 5.69 Å². The Bertz CT molecular complexity index is 1030. The highest BCUT2D eigenvalue weighted by molar-refractivity contribution is 5.91. The maximum Gasteiger partial charge on any atom is 0.303 e. The van der Waals surface area contributed by atoms with Crippen LogP contribution in [0.15, 0.2) is 34.9 Å². The number of aryl methyl sites for hydroxylation is 1. The molecule has 188 valence electrons. The van der Waals surface area contributed by atoms with E-state index in [0.29, 0.717) is 24.6 Å². The first-order chi connectivity index (χ1) is 17.1. The van der Waals surface area contributed by atoms with Gasteiger partial charge in [-0.2, -0.15) is 0 Å². The van der Waals surface area contributed by atoms with Gasteiger partial charge in [0, 0.05) is 18.9 Å². The SMILES string of the molecule is O=C(O)CCc1ccccc1C[C@@H]1[C@H](c2nc(C(=O)NCCC3CCCCC3)co2)[C@H]2CC[C@@H]1O2. The van der Waals surface area contributed by atoms with E-state index in [4.69, 9.17) is 14.3 Å². The molecule has 2 N–H and O–H groups in total. The van der Waals surface area contributed by atoms with Crippen molar-refractivity contribution in [2.75, 3.05) is 6.54 Å². The minimum atomic E-state index is -0.787. The predicted octanol–water partition coefficient (Wildman–Crippen LogP) is 4.90. The number of hydrogen-bond donors (Lipinski definition) is 2. The highest BCUT2D eigenvalue weighted by Crippen LogP contribution is 2.50. The lowest BCUT2D eigenvalue weighted by molar-refractivity contribution is -0.136. The number of aliphatic carboxylic acids is 1. The maximum absolute atomic E-state index is 12.7. The fraction of sp³-hybridized carbons (Fsp3) is 0.607. The van der Waals surface area contributed by atoms with Crippen molar-refractivity contribution in [1.82, 2.24) is 10.3 Å². The van der Waals surface area contributed by atoms with Crippen LogP contribution in [0.5, 0.6) is 0 Å². The molecule has 1 aliphatic carbocycles. The number of carbonyl (C=O) groups is 2. The van der Waals surface area contributed by atoms with Crippen LogP contribution in [-0.4, -0.2) is 40.7 Å². The van der Waals surface area contributed by atoms with E-state index in [2.05, 4.69) is 16.4 Å². The van der Waals surface area contributed by atoms with Gasteiger partial charge in [-0.1, -0.05) is 56.4 Å². The Morgan fingerprint density at radius 1 is 1.03 bits per heavy atom. The van der Waals surface area contributed by atoms with E-state index in [0.717, 1.165) is 42.7 Å². The molecule has 4 atom stereocenters. The smallest absolute Gasteiger partial charge is 0.303 e. The van der Waals surface area contributed by atoms with Crippen LogP contribution >= 0.6 is 0 Å². The normalized spacial score (nSPS) is 26.2. The van der Waals surface area contributed by atoms with E-state index in [1.54, 1.807) is 0 Å². The minimum absolute atomic E-state index is 0.00469. The van der Waals surface area contributed by atoms with Crippen molar-refractivity contribution in [3.8, 4) is 0 Å². The zero-order valence-electron chi connectivity index (χ0n) is 20.3. The Labute approximate surface area is 206 Å². The van der Waals surface area contributed by atoms with Crippen molar-refractivity contribution in [3.63, 3.8) is 0 Å². The second-order valence-corrected chi connectivity index (χ2v) is 10.5. The van der Waals surface area contributed by atoms with Gasteiger partial charge in [0.2, 0.25) is 5.89 Å². The molecule has 5 rings (SSSR count). The summed E-state index contributed by atoms with van der Waals surface area (Å²) in [7, 11) is 0. The summed E-state index contributed by atoms with van der Waals surface area (Å²) in [6.07, 6.45) is 12.6. The fourth-order valence-electron chi connectivity index (χ4n) is 6.37. The third-order valence-corrected chi connectivity index (χ3v) is 8.21. The fourth-order valence-corrected chi connectivity index (χ4v) is 6.37. The predicted molar refractivity (Wildman–Crippen MR) is 130 cm³/mol. The summed E-state index contributed by atoms with van der Waals surface area (Å²) < 4.78 is 12.1. The summed E-state index contributed by atoms with van der Waals surface area (Å²) in [5, 5.41) is 12.1. The number of hydrogen-bond acceptors (Lipinski definition) is 5. The zero-order valence-corrected chi connectivity index (χ0v) is 20.3. The van der Waals surface area contributed by atoms with Crippen LogP contribution in [0.1, 0.15) is 91.2 Å². The first-order valence-electron chi connectivity index (χ1n) is 13.3. The third kappa shape index (κ3) is 5.61. The first kappa shape index (κ1) is 24.0. The molecule has 3 aliphatic rings. The maximum atomic E-state index is 12.7. The molecule has 2 aromatic rings. The average molecular weight is 481 g/mol. The first-order valence-corrected chi connectivity index (χ1v) is 13.3. The van der Waals surface area contributed by atoms with Gasteiger partial charge in [0.1, 0.15) is 6.26 Å². The van der Waals surface area contributed by atoms with Crippen LogP contribution in [-0.2, 0) is 22.4 Å². The lowest BCUT2D eigenvalue weighted by Gasteiger charge is -2.26. The number of benzene rings is 1. The highest BCUT2D eigenvalue weighted by Gasteiger charge is 2.51. The van der Waals surface area contributed by atoms with Crippen molar-refractivity contribution < 1.29 is 23.8 Å². The Kier molecular flexibility index (Phi) is 7.51. The van der Waals surface area contributed by atoms with Crippen molar-refractivity contribution in [2.24, 2.45) is 11.8 Å². The van der Waals surface area contributed by atoms with Crippen molar-refractivity contribution >= 4 is 11.9 Å². The summed E-state index contributed by atoms with van der Waals surface area (Å²) in [6.45, 7) is 0.679. The molecule has 1 saturated carbocycles. The van der Waals surface area contributed by atoms with Gasteiger partial charge in [-0.25, -0.2) is 4.98 Å². The van der Waals surface area contributed by atoms with Gasteiger partial charge in [-0.15, -0.1) is 0 Å². The molecule has 7 heteroatoms. The zero-order chi connectivity index (χ0) is 24.2. The molecule has 35 heavy (non-hydrogen) atoms.